The number of pyridine rings is 1. The smallest absolute Gasteiger partial charge is 0.191 e. The Morgan fingerprint density at radius 3 is 2.70 bits per heavy atom. The average Bonchev–Trinajstić information content (AvgIpc) is 3.13. The molecule has 7 nitrogen and oxygen atoms in total. The van der Waals surface area contributed by atoms with Gasteiger partial charge in [-0.25, -0.2) is 0 Å². The molecule has 1 atom stereocenters. The molecule has 0 radical (unpaired) electrons. The van der Waals surface area contributed by atoms with Crippen molar-refractivity contribution in [1.82, 2.24) is 25.2 Å². The lowest BCUT2D eigenvalue weighted by atomic mass is 9.98. The molecule has 0 amide bonds. The summed E-state index contributed by atoms with van der Waals surface area (Å²) in [7, 11) is 3.45. The Labute approximate surface area is 159 Å². The minimum atomic E-state index is 0.446. The van der Waals surface area contributed by atoms with E-state index in [1.165, 1.54) is 5.56 Å². The molecule has 0 aliphatic carbocycles. The molecule has 7 heteroatoms. The van der Waals surface area contributed by atoms with Crippen molar-refractivity contribution in [3.05, 3.63) is 60.0 Å². The Morgan fingerprint density at radius 1 is 1.15 bits per heavy atom. The van der Waals surface area contributed by atoms with Crippen molar-refractivity contribution in [2.75, 3.05) is 20.7 Å². The predicted molar refractivity (Wildman–Crippen MR) is 107 cm³/mol. The highest BCUT2D eigenvalue weighted by Gasteiger charge is 2.08. The van der Waals surface area contributed by atoms with Crippen LogP contribution < -0.4 is 15.4 Å². The number of methoxy groups -OCH3 is 1. The van der Waals surface area contributed by atoms with E-state index in [4.69, 9.17) is 4.74 Å². The fraction of sp³-hybridized carbons (Fsp3) is 0.350. The van der Waals surface area contributed by atoms with Gasteiger partial charge in [0.1, 0.15) is 5.75 Å². The van der Waals surface area contributed by atoms with Gasteiger partial charge < -0.3 is 15.4 Å². The van der Waals surface area contributed by atoms with Crippen molar-refractivity contribution in [3.8, 4) is 5.75 Å². The highest BCUT2D eigenvalue weighted by atomic mass is 16.5. The second-order valence-electron chi connectivity index (χ2n) is 6.36. The minimum Gasteiger partial charge on any atom is -0.497 e. The molecule has 27 heavy (non-hydrogen) atoms. The van der Waals surface area contributed by atoms with Crippen molar-refractivity contribution >= 4 is 11.6 Å². The lowest BCUT2D eigenvalue weighted by Gasteiger charge is -2.15. The van der Waals surface area contributed by atoms with Gasteiger partial charge in [0.15, 0.2) is 17.4 Å². The van der Waals surface area contributed by atoms with Gasteiger partial charge in [-0.05, 0) is 42.2 Å². The summed E-state index contributed by atoms with van der Waals surface area (Å²) in [6.45, 7) is 3.61. The van der Waals surface area contributed by atoms with Crippen LogP contribution in [0.4, 0.5) is 0 Å². The summed E-state index contributed by atoms with van der Waals surface area (Å²) in [4.78, 5) is 4.28. The van der Waals surface area contributed by atoms with E-state index < -0.39 is 0 Å². The van der Waals surface area contributed by atoms with Gasteiger partial charge in [0.05, 0.1) is 13.7 Å². The molecule has 0 spiro atoms. The average molecular weight is 366 g/mol. The van der Waals surface area contributed by atoms with Crippen LogP contribution in [0.25, 0.3) is 5.65 Å². The Balaban J connectivity index is 1.47. The number of aliphatic imine (C=N–C) groups is 1. The normalized spacial score (nSPS) is 12.8. The highest BCUT2D eigenvalue weighted by Crippen LogP contribution is 2.21. The number of hydrogen-bond donors (Lipinski definition) is 2. The summed E-state index contributed by atoms with van der Waals surface area (Å²) in [5, 5.41) is 15.0. The molecule has 0 saturated carbocycles. The summed E-state index contributed by atoms with van der Waals surface area (Å²) in [6.07, 6.45) is 2.96. The molecule has 3 rings (SSSR count). The first-order valence-electron chi connectivity index (χ1n) is 9.08. The molecule has 2 heterocycles. The third-order valence-electron chi connectivity index (χ3n) is 4.58. The number of aromatic nitrogens is 3. The van der Waals surface area contributed by atoms with Crippen LogP contribution in [0.3, 0.4) is 0 Å². The lowest BCUT2D eigenvalue weighted by Crippen LogP contribution is -2.38. The zero-order valence-corrected chi connectivity index (χ0v) is 16.0. The van der Waals surface area contributed by atoms with Crippen molar-refractivity contribution in [3.63, 3.8) is 0 Å². The van der Waals surface area contributed by atoms with Crippen molar-refractivity contribution in [2.45, 2.75) is 25.8 Å². The van der Waals surface area contributed by atoms with Gasteiger partial charge in [-0.1, -0.05) is 25.1 Å². The molecule has 2 aromatic heterocycles. The Bertz CT molecular complexity index is 887. The van der Waals surface area contributed by atoms with Crippen LogP contribution in [0.1, 0.15) is 30.7 Å². The van der Waals surface area contributed by atoms with Gasteiger partial charge in [0, 0.05) is 19.8 Å². The van der Waals surface area contributed by atoms with E-state index in [2.05, 4.69) is 44.9 Å². The van der Waals surface area contributed by atoms with Crippen molar-refractivity contribution in [2.24, 2.45) is 4.99 Å². The monoisotopic (exact) mass is 366 g/mol. The van der Waals surface area contributed by atoms with E-state index in [1.54, 1.807) is 14.2 Å². The predicted octanol–water partition coefficient (Wildman–Crippen LogP) is 2.60. The first-order valence-corrected chi connectivity index (χ1v) is 9.08. The van der Waals surface area contributed by atoms with Crippen LogP contribution >= 0.6 is 0 Å². The highest BCUT2D eigenvalue weighted by molar-refractivity contribution is 5.79. The molecule has 0 aliphatic heterocycles. The molecule has 0 saturated heterocycles. The maximum atomic E-state index is 5.21. The number of nitrogens with zero attached hydrogens (tertiary/aromatic N) is 4. The Hall–Kier alpha value is -3.09. The summed E-state index contributed by atoms with van der Waals surface area (Å²) in [5.74, 6) is 2.93. The zero-order chi connectivity index (χ0) is 19.1. The Morgan fingerprint density at radius 2 is 1.96 bits per heavy atom. The molecule has 0 bridgehead atoms. The Kier molecular flexibility index (Phi) is 6.25. The van der Waals surface area contributed by atoms with E-state index >= 15 is 0 Å². The maximum Gasteiger partial charge on any atom is 0.191 e. The van der Waals surface area contributed by atoms with Crippen LogP contribution in [0.15, 0.2) is 53.7 Å². The molecular weight excluding hydrogens is 340 g/mol. The summed E-state index contributed by atoms with van der Waals surface area (Å²) in [6, 6.07) is 14.1. The standard InChI is InChI=1S/C20H26N6O/c1-15(16-7-9-17(27-3)10-8-16)11-12-22-20(21-2)23-14-19-25-24-18-6-4-5-13-26(18)19/h4-10,13,15H,11-12,14H2,1-3H3,(H2,21,22,23). The SMILES string of the molecule is CN=C(NCCC(C)c1ccc(OC)cc1)NCc1nnc2ccccn12. The third kappa shape index (κ3) is 4.75. The molecule has 142 valence electrons. The van der Waals surface area contributed by atoms with Gasteiger partial charge in [0.25, 0.3) is 0 Å². The topological polar surface area (TPSA) is 75.8 Å². The number of fused-ring (bicyclic) bond motifs is 1. The largest absolute Gasteiger partial charge is 0.497 e. The first-order chi connectivity index (χ1) is 13.2. The van der Waals surface area contributed by atoms with Gasteiger partial charge in [-0.3, -0.25) is 9.39 Å². The second-order valence-corrected chi connectivity index (χ2v) is 6.36. The fourth-order valence-corrected chi connectivity index (χ4v) is 2.90. The third-order valence-corrected chi connectivity index (χ3v) is 4.58. The molecule has 0 aliphatic rings. The summed E-state index contributed by atoms with van der Waals surface area (Å²) >= 11 is 0. The summed E-state index contributed by atoms with van der Waals surface area (Å²) < 4.78 is 7.18. The summed E-state index contributed by atoms with van der Waals surface area (Å²) in [5.41, 5.74) is 2.14. The van der Waals surface area contributed by atoms with Crippen molar-refractivity contribution in [1.29, 1.82) is 0 Å². The van der Waals surface area contributed by atoms with Crippen LogP contribution in [0.2, 0.25) is 0 Å². The van der Waals surface area contributed by atoms with Crippen LogP contribution in [0, 0.1) is 0 Å². The van der Waals surface area contributed by atoms with Gasteiger partial charge in [-0.2, -0.15) is 0 Å². The molecule has 1 unspecified atom stereocenters. The van der Waals surface area contributed by atoms with E-state index in [-0.39, 0.29) is 0 Å². The zero-order valence-electron chi connectivity index (χ0n) is 16.0. The maximum absolute atomic E-state index is 5.21. The molecule has 1 aromatic carbocycles. The molecule has 2 N–H and O–H groups in total. The van der Waals surface area contributed by atoms with E-state index in [9.17, 15) is 0 Å². The lowest BCUT2D eigenvalue weighted by molar-refractivity contribution is 0.414. The number of guanidine groups is 1. The number of nitrogens with one attached hydrogen (secondary N) is 2. The van der Waals surface area contributed by atoms with Gasteiger partial charge in [-0.15, -0.1) is 10.2 Å². The van der Waals surface area contributed by atoms with Crippen LogP contribution in [-0.2, 0) is 6.54 Å². The number of benzene rings is 1. The second kappa shape index (κ2) is 9.02. The number of rotatable bonds is 7. The van der Waals surface area contributed by atoms with E-state index in [0.717, 1.165) is 36.1 Å². The van der Waals surface area contributed by atoms with Crippen molar-refractivity contribution < 1.29 is 4.74 Å². The molecular formula is C20H26N6O. The molecule has 0 fully saturated rings. The van der Waals surface area contributed by atoms with Gasteiger partial charge >= 0.3 is 0 Å². The van der Waals surface area contributed by atoms with E-state index in [0.29, 0.717) is 12.5 Å². The number of ether oxygens (including phenoxy) is 1. The minimum absolute atomic E-state index is 0.446. The number of hydrogen-bond acceptors (Lipinski definition) is 4. The quantitative estimate of drug-likeness (QED) is 0.497. The molecule has 3 aromatic rings. The van der Waals surface area contributed by atoms with E-state index in [1.807, 2.05) is 40.9 Å². The fourth-order valence-electron chi connectivity index (χ4n) is 2.90. The van der Waals surface area contributed by atoms with Crippen LogP contribution in [0.5, 0.6) is 5.75 Å². The first kappa shape index (κ1) is 18.7. The van der Waals surface area contributed by atoms with Gasteiger partial charge in [0.2, 0.25) is 0 Å². The van der Waals surface area contributed by atoms with Crippen LogP contribution in [-0.4, -0.2) is 41.3 Å².